The van der Waals surface area contributed by atoms with E-state index in [1.54, 1.807) is 6.07 Å². The van der Waals surface area contributed by atoms with Gasteiger partial charge in [0.15, 0.2) is 11.6 Å². The number of hydrogen-bond acceptors (Lipinski definition) is 1. The summed E-state index contributed by atoms with van der Waals surface area (Å²) in [7, 11) is 0. The minimum Gasteiger partial charge on any atom is -0.486 e. The van der Waals surface area contributed by atoms with Crippen molar-refractivity contribution < 1.29 is 9.13 Å². The number of benzene rings is 1. The molecule has 17 heavy (non-hydrogen) atoms. The summed E-state index contributed by atoms with van der Waals surface area (Å²) in [6.07, 6.45) is 4.94. The predicted molar refractivity (Wildman–Crippen MR) is 66.0 cm³/mol. The molecule has 0 N–H and O–H groups in total. The Morgan fingerprint density at radius 2 is 1.82 bits per heavy atom. The maximum absolute atomic E-state index is 13.8. The molecule has 3 aliphatic carbocycles. The van der Waals surface area contributed by atoms with Crippen LogP contribution in [0.1, 0.15) is 31.2 Å². The van der Waals surface area contributed by atoms with Crippen molar-refractivity contribution in [1.29, 1.82) is 0 Å². The van der Waals surface area contributed by atoms with Crippen LogP contribution in [0.25, 0.3) is 0 Å². The third-order valence-corrected chi connectivity index (χ3v) is 4.23. The smallest absolute Gasteiger partial charge is 0.173 e. The summed E-state index contributed by atoms with van der Waals surface area (Å²) in [5.41, 5.74) is 0.825. The van der Waals surface area contributed by atoms with Crippen molar-refractivity contribution >= 4 is 11.6 Å². The molecule has 0 radical (unpaired) electrons. The van der Waals surface area contributed by atoms with Crippen molar-refractivity contribution in [2.45, 2.75) is 38.7 Å². The Morgan fingerprint density at radius 1 is 1.18 bits per heavy atom. The molecule has 3 heteroatoms. The van der Waals surface area contributed by atoms with Gasteiger partial charge in [-0.2, -0.15) is 0 Å². The second-order valence-electron chi connectivity index (χ2n) is 5.47. The molecule has 0 heterocycles. The average molecular weight is 255 g/mol. The lowest BCUT2D eigenvalue weighted by atomic mass is 9.64. The Balaban J connectivity index is 1.76. The number of fused-ring (bicyclic) bond motifs is 2. The zero-order valence-corrected chi connectivity index (χ0v) is 10.6. The van der Waals surface area contributed by atoms with E-state index in [-0.39, 0.29) is 17.7 Å². The molecule has 0 aromatic heterocycles. The minimum atomic E-state index is -0.339. The zero-order valence-electron chi connectivity index (χ0n) is 9.88. The van der Waals surface area contributed by atoms with E-state index in [4.69, 9.17) is 16.3 Å². The highest BCUT2D eigenvalue weighted by Gasteiger charge is 2.39. The normalized spacial score (nSPS) is 30.9. The van der Waals surface area contributed by atoms with Crippen molar-refractivity contribution in [3.8, 4) is 5.75 Å². The van der Waals surface area contributed by atoms with E-state index in [1.165, 1.54) is 18.9 Å². The van der Waals surface area contributed by atoms with Gasteiger partial charge in [-0.3, -0.25) is 0 Å². The van der Waals surface area contributed by atoms with Crippen LogP contribution in [0.5, 0.6) is 5.75 Å². The summed E-state index contributed by atoms with van der Waals surface area (Å²) >= 11 is 6.04. The summed E-state index contributed by atoms with van der Waals surface area (Å²) in [5, 5.41) is 0.391. The summed E-state index contributed by atoms with van der Waals surface area (Å²) in [4.78, 5) is 0. The van der Waals surface area contributed by atoms with Gasteiger partial charge in [0.1, 0.15) is 0 Å². The SMILES string of the molecule is Cc1cc(F)c(OC2CC3CC(C3)C2)c(Cl)c1. The van der Waals surface area contributed by atoms with E-state index in [2.05, 4.69) is 0 Å². The van der Waals surface area contributed by atoms with Gasteiger partial charge in [-0.05, 0) is 62.1 Å². The van der Waals surface area contributed by atoms with Gasteiger partial charge in [0.2, 0.25) is 0 Å². The maximum atomic E-state index is 13.8. The average Bonchev–Trinajstić information content (AvgIpc) is 2.22. The van der Waals surface area contributed by atoms with Crippen molar-refractivity contribution in [3.63, 3.8) is 0 Å². The Bertz CT molecular complexity index is 407. The number of rotatable bonds is 2. The van der Waals surface area contributed by atoms with Crippen LogP contribution in [-0.4, -0.2) is 6.10 Å². The second-order valence-corrected chi connectivity index (χ2v) is 5.88. The third-order valence-electron chi connectivity index (χ3n) is 3.95. The van der Waals surface area contributed by atoms with Crippen LogP contribution in [0.3, 0.4) is 0 Å². The van der Waals surface area contributed by atoms with E-state index < -0.39 is 0 Å². The first kappa shape index (κ1) is 11.3. The topological polar surface area (TPSA) is 9.23 Å². The molecular weight excluding hydrogens is 239 g/mol. The molecule has 4 rings (SSSR count). The molecule has 0 unspecified atom stereocenters. The highest BCUT2D eigenvalue weighted by Crippen LogP contribution is 2.47. The van der Waals surface area contributed by atoms with E-state index in [0.717, 1.165) is 30.2 Å². The van der Waals surface area contributed by atoms with Crippen molar-refractivity contribution in [1.82, 2.24) is 0 Å². The van der Waals surface area contributed by atoms with Gasteiger partial charge in [0, 0.05) is 0 Å². The molecule has 0 aliphatic heterocycles. The van der Waals surface area contributed by atoms with Crippen molar-refractivity contribution in [2.75, 3.05) is 0 Å². The lowest BCUT2D eigenvalue weighted by Gasteiger charge is -2.44. The fourth-order valence-corrected chi connectivity index (χ4v) is 3.47. The van der Waals surface area contributed by atoms with Crippen LogP contribution >= 0.6 is 11.6 Å². The number of halogens is 2. The first-order chi connectivity index (χ1) is 8.11. The summed E-state index contributed by atoms with van der Waals surface area (Å²) in [5.74, 6) is 1.50. The van der Waals surface area contributed by atoms with Gasteiger partial charge in [0.05, 0.1) is 11.1 Å². The van der Waals surface area contributed by atoms with E-state index in [0.29, 0.717) is 5.02 Å². The van der Waals surface area contributed by atoms with Gasteiger partial charge in [-0.1, -0.05) is 11.6 Å². The van der Waals surface area contributed by atoms with Crippen molar-refractivity contribution in [3.05, 3.63) is 28.5 Å². The van der Waals surface area contributed by atoms with Crippen molar-refractivity contribution in [2.24, 2.45) is 11.8 Å². The molecule has 1 nitrogen and oxygen atoms in total. The molecule has 0 amide bonds. The summed E-state index contributed by atoms with van der Waals surface area (Å²) in [6, 6.07) is 3.23. The number of ether oxygens (including phenoxy) is 1. The standard InChI is InChI=1S/C14H16ClFO/c1-8-2-12(15)14(13(16)3-8)17-11-6-9-4-10(5-9)7-11/h2-3,9-11H,4-7H2,1H3. The number of hydrogen-bond donors (Lipinski definition) is 0. The lowest BCUT2D eigenvalue weighted by Crippen LogP contribution is -2.39. The monoisotopic (exact) mass is 254 g/mol. The Hall–Kier alpha value is -0.760. The molecule has 0 spiro atoms. The van der Waals surface area contributed by atoms with E-state index in [9.17, 15) is 4.39 Å². The molecule has 0 saturated heterocycles. The zero-order chi connectivity index (χ0) is 12.0. The highest BCUT2D eigenvalue weighted by molar-refractivity contribution is 6.32. The van der Waals surface area contributed by atoms with E-state index >= 15 is 0 Å². The van der Waals surface area contributed by atoms with Gasteiger partial charge in [0.25, 0.3) is 0 Å². The lowest BCUT2D eigenvalue weighted by molar-refractivity contribution is 0.0113. The van der Waals surface area contributed by atoms with Crippen LogP contribution < -0.4 is 4.74 Å². The quantitative estimate of drug-likeness (QED) is 0.762. The fourth-order valence-electron chi connectivity index (χ4n) is 3.16. The van der Waals surface area contributed by atoms with E-state index in [1.807, 2.05) is 6.92 Å². The first-order valence-corrected chi connectivity index (χ1v) is 6.62. The van der Waals surface area contributed by atoms with Gasteiger partial charge in [-0.15, -0.1) is 0 Å². The van der Waals surface area contributed by atoms with Gasteiger partial charge < -0.3 is 4.74 Å². The number of aryl methyl sites for hydroxylation is 1. The molecule has 3 fully saturated rings. The third kappa shape index (κ3) is 2.15. The molecule has 2 bridgehead atoms. The summed E-state index contributed by atoms with van der Waals surface area (Å²) in [6.45, 7) is 1.83. The molecule has 92 valence electrons. The molecule has 3 aliphatic rings. The van der Waals surface area contributed by atoms with Crippen LogP contribution in [0.2, 0.25) is 5.02 Å². The minimum absolute atomic E-state index is 0.155. The Morgan fingerprint density at radius 3 is 2.41 bits per heavy atom. The molecular formula is C14H16ClFO. The molecule has 3 saturated carbocycles. The Labute approximate surface area is 106 Å². The highest BCUT2D eigenvalue weighted by atomic mass is 35.5. The molecule has 1 aromatic rings. The Kier molecular flexibility index (Phi) is 2.78. The molecule has 1 aromatic carbocycles. The predicted octanol–water partition coefficient (Wildman–Crippen LogP) is 4.35. The maximum Gasteiger partial charge on any atom is 0.173 e. The fraction of sp³-hybridized carbons (Fsp3) is 0.571. The largest absolute Gasteiger partial charge is 0.486 e. The van der Waals surface area contributed by atoms with Gasteiger partial charge >= 0.3 is 0 Å². The van der Waals surface area contributed by atoms with Crippen LogP contribution in [-0.2, 0) is 0 Å². The van der Waals surface area contributed by atoms with Crippen LogP contribution in [0.15, 0.2) is 12.1 Å². The second kappa shape index (κ2) is 4.16. The van der Waals surface area contributed by atoms with Gasteiger partial charge in [-0.25, -0.2) is 4.39 Å². The van der Waals surface area contributed by atoms with Crippen LogP contribution in [0, 0.1) is 24.6 Å². The molecule has 0 atom stereocenters. The summed E-state index contributed by atoms with van der Waals surface area (Å²) < 4.78 is 19.5. The first-order valence-electron chi connectivity index (χ1n) is 6.24. The van der Waals surface area contributed by atoms with Crippen LogP contribution in [0.4, 0.5) is 4.39 Å².